The maximum Gasteiger partial charge on any atom is 0.472 e. The van der Waals surface area contributed by atoms with Crippen molar-refractivity contribution < 1.29 is 75.8 Å². The number of unbranched alkanes of at least 4 members (excludes halogenated alkanes) is 20. The summed E-state index contributed by atoms with van der Waals surface area (Å²) >= 11 is 0. The second-order valence-electron chi connectivity index (χ2n) is 23.6. The van der Waals surface area contributed by atoms with E-state index in [0.717, 1.165) is 128 Å². The van der Waals surface area contributed by atoms with Gasteiger partial charge >= 0.3 is 33.6 Å². The maximum atomic E-state index is 12.9. The van der Waals surface area contributed by atoms with Crippen LogP contribution in [-0.4, -0.2) is 95.9 Å². The first-order valence-corrected chi connectivity index (χ1v) is 39.1. The van der Waals surface area contributed by atoms with Crippen molar-refractivity contribution in [2.45, 2.75) is 283 Å². The van der Waals surface area contributed by atoms with Gasteiger partial charge in [0.2, 0.25) is 0 Å². The summed E-state index contributed by atoms with van der Waals surface area (Å²) in [5.41, 5.74) is 0. The Labute approximate surface area is 575 Å². The molecule has 0 rings (SSSR count). The fraction of sp³-hybridized carbons (Fsp3) is 0.649. The zero-order valence-electron chi connectivity index (χ0n) is 58.8. The molecular weight excluding hydrogens is 1240 g/mol. The molecule has 18 heteroatoms. The first-order valence-electron chi connectivity index (χ1n) is 36.1. The van der Waals surface area contributed by atoms with Gasteiger partial charge in [0.15, 0.2) is 6.10 Å². The van der Waals surface area contributed by atoms with Crippen LogP contribution in [0.1, 0.15) is 265 Å². The van der Waals surface area contributed by atoms with Crippen molar-refractivity contribution in [3.8, 4) is 0 Å². The molecule has 4 N–H and O–H groups in total. The second kappa shape index (κ2) is 69.3. The summed E-state index contributed by atoms with van der Waals surface area (Å²) in [5.74, 6) is -1.70. The minimum Gasteiger partial charge on any atom is -0.463 e. The van der Waals surface area contributed by atoms with Gasteiger partial charge in [0.1, 0.15) is 25.4 Å². The fourth-order valence-electron chi connectivity index (χ4n) is 9.03. The van der Waals surface area contributed by atoms with Gasteiger partial charge in [-0.15, -0.1) is 0 Å². The number of esters is 3. The van der Waals surface area contributed by atoms with Gasteiger partial charge in [-0.05, 0) is 128 Å². The topological polar surface area (TPSA) is 231 Å². The lowest BCUT2D eigenvalue weighted by Crippen LogP contribution is -2.30. The van der Waals surface area contributed by atoms with Crippen LogP contribution in [0.4, 0.5) is 0 Å². The summed E-state index contributed by atoms with van der Waals surface area (Å²) in [7, 11) is -9.81. The number of phosphoric ester groups is 2. The summed E-state index contributed by atoms with van der Waals surface area (Å²) < 4.78 is 60.8. The molecule has 0 aliphatic heterocycles. The molecule has 0 aromatic rings. The number of hydrogen-bond donors (Lipinski definition) is 4. The molecule has 0 amide bonds. The monoisotopic (exact) mass is 1370 g/mol. The molecule has 5 atom stereocenters. The van der Waals surface area contributed by atoms with Crippen LogP contribution in [0.2, 0.25) is 0 Å². The number of carbonyl (C=O) groups excluding carboxylic acids is 3. The lowest BCUT2D eigenvalue weighted by atomic mass is 10.0. The molecule has 5 unspecified atom stereocenters. The first-order chi connectivity index (χ1) is 46.2. The van der Waals surface area contributed by atoms with Crippen molar-refractivity contribution in [1.29, 1.82) is 0 Å². The predicted octanol–water partition coefficient (Wildman–Crippen LogP) is 20.5. The van der Waals surface area contributed by atoms with E-state index in [0.29, 0.717) is 25.7 Å². The van der Waals surface area contributed by atoms with Gasteiger partial charge in [-0.1, -0.05) is 263 Å². The summed E-state index contributed by atoms with van der Waals surface area (Å²) in [6.07, 6.45) is 83.5. The maximum absolute atomic E-state index is 12.9. The van der Waals surface area contributed by atoms with Gasteiger partial charge in [-0.3, -0.25) is 32.5 Å². The molecule has 542 valence electrons. The summed E-state index contributed by atoms with van der Waals surface area (Å²) in [4.78, 5) is 58.4. The largest absolute Gasteiger partial charge is 0.472 e. The Balaban J connectivity index is 4.59. The number of ether oxygens (including phenoxy) is 3. The third-order valence-electron chi connectivity index (χ3n) is 14.5. The number of carbonyl (C=O) groups is 3. The molecule has 0 aliphatic carbocycles. The lowest BCUT2D eigenvalue weighted by Gasteiger charge is -2.21. The number of aliphatic hydroxyl groups is 2. The van der Waals surface area contributed by atoms with E-state index in [1.54, 1.807) is 0 Å². The Morgan fingerprint density at radius 3 is 0.989 bits per heavy atom. The van der Waals surface area contributed by atoms with Gasteiger partial charge < -0.3 is 34.2 Å². The van der Waals surface area contributed by atoms with Crippen LogP contribution in [0.5, 0.6) is 0 Å². The number of rotatable bonds is 67. The highest BCUT2D eigenvalue weighted by atomic mass is 31.2. The number of hydrogen-bond acceptors (Lipinski definition) is 14. The highest BCUT2D eigenvalue weighted by Gasteiger charge is 2.29. The van der Waals surface area contributed by atoms with E-state index in [1.165, 1.54) is 70.6 Å². The number of allylic oxidation sites excluding steroid dienone is 24. The van der Waals surface area contributed by atoms with Crippen LogP contribution in [0, 0.1) is 0 Å². The second-order valence-corrected chi connectivity index (χ2v) is 26.6. The Hall–Kier alpha value is -4.57. The van der Waals surface area contributed by atoms with Crippen molar-refractivity contribution in [2.24, 2.45) is 0 Å². The zero-order chi connectivity index (χ0) is 69.5. The predicted molar refractivity (Wildman–Crippen MR) is 389 cm³/mol. The third-order valence-corrected chi connectivity index (χ3v) is 16.4. The molecule has 0 spiro atoms. The molecule has 0 aromatic heterocycles. The van der Waals surface area contributed by atoms with Gasteiger partial charge in [-0.2, -0.15) is 0 Å². The normalized spacial score (nSPS) is 15.0. The molecule has 0 saturated carbocycles. The molecule has 0 saturated heterocycles. The van der Waals surface area contributed by atoms with Crippen LogP contribution >= 0.6 is 15.6 Å². The van der Waals surface area contributed by atoms with E-state index in [9.17, 15) is 43.5 Å². The lowest BCUT2D eigenvalue weighted by molar-refractivity contribution is -0.161. The van der Waals surface area contributed by atoms with E-state index < -0.39 is 91.5 Å². The molecule has 0 bridgehead atoms. The minimum absolute atomic E-state index is 0.0376. The van der Waals surface area contributed by atoms with E-state index >= 15 is 0 Å². The minimum atomic E-state index is -4.95. The zero-order valence-corrected chi connectivity index (χ0v) is 60.6. The molecule has 0 heterocycles. The highest BCUT2D eigenvalue weighted by molar-refractivity contribution is 7.47. The molecule has 16 nitrogen and oxygen atoms in total. The quantitative estimate of drug-likeness (QED) is 0.0146. The van der Waals surface area contributed by atoms with Crippen LogP contribution < -0.4 is 0 Å². The summed E-state index contributed by atoms with van der Waals surface area (Å²) in [5, 5.41) is 20.6. The van der Waals surface area contributed by atoms with Crippen LogP contribution in [-0.2, 0) is 55.8 Å². The van der Waals surface area contributed by atoms with Gasteiger partial charge in [0.05, 0.1) is 26.4 Å². The van der Waals surface area contributed by atoms with Crippen LogP contribution in [0.3, 0.4) is 0 Å². The van der Waals surface area contributed by atoms with Gasteiger partial charge in [0.25, 0.3) is 0 Å². The average Bonchev–Trinajstić information content (AvgIpc) is 2.12. The Kier molecular flexibility index (Phi) is 66.0. The van der Waals surface area contributed by atoms with Gasteiger partial charge in [0, 0.05) is 19.3 Å². The Morgan fingerprint density at radius 2 is 0.600 bits per heavy atom. The van der Waals surface area contributed by atoms with Crippen molar-refractivity contribution in [2.75, 3.05) is 39.6 Å². The van der Waals surface area contributed by atoms with Crippen LogP contribution in [0.15, 0.2) is 146 Å². The van der Waals surface area contributed by atoms with Crippen molar-refractivity contribution in [1.82, 2.24) is 0 Å². The third kappa shape index (κ3) is 70.6. The number of aliphatic hydroxyl groups excluding tert-OH is 2. The molecule has 0 aliphatic rings. The van der Waals surface area contributed by atoms with E-state index in [-0.39, 0.29) is 19.3 Å². The molecular formula is C77H128O16P2. The summed E-state index contributed by atoms with van der Waals surface area (Å²) in [6.45, 7) is 2.33. The Bertz CT molecular complexity index is 2310. The standard InChI is InChI=1S/C77H128O16P2/c1-4-7-10-13-16-19-22-25-27-29-31-32-33-34-35-36-37-38-40-42-43-46-48-51-54-57-60-63-75(80)87-66-72(78)67-89-94(83,84)90-68-73(79)69-91-95(85,86)92-71-74(93-77(82)65-62-59-56-53-50-45-24-21-18-15-12-9-6-3)70-88-76(81)64-61-58-55-52-49-47-44-41-39-30-28-26-23-20-17-14-11-8-5-2/h8,11-12,15-17,19-21,24-28,31-32,34-35,39,41,47,49,55,58,72-74,78-79H,4-7,9-10,13-14,18,22-23,29-30,33,36-38,40,42-46,48,50-54,56-57,59-71H2,1-3H3,(H,83,84)(H,85,86)/b11-8-,15-12-,19-16-,20-17-,24-21-,27-25-,28-26-,32-31-,35-34-,41-39-,49-47-,58-55-. The molecule has 0 aromatic carbocycles. The first kappa shape index (κ1) is 90.4. The molecule has 95 heavy (non-hydrogen) atoms. The van der Waals surface area contributed by atoms with Crippen molar-refractivity contribution in [3.63, 3.8) is 0 Å². The van der Waals surface area contributed by atoms with Crippen molar-refractivity contribution >= 4 is 33.6 Å². The van der Waals surface area contributed by atoms with Gasteiger partial charge in [-0.25, -0.2) is 9.13 Å². The highest BCUT2D eigenvalue weighted by Crippen LogP contribution is 2.45. The van der Waals surface area contributed by atoms with E-state index in [2.05, 4.69) is 148 Å². The Morgan fingerprint density at radius 1 is 0.305 bits per heavy atom. The number of phosphoric acid groups is 2. The SMILES string of the molecule is CC/C=C\C/C=C\C/C=C\C/C=C\C/C=C\C/C=C\CCC(=O)OCC(COP(=O)(O)OCC(O)COP(=O)(O)OCC(O)COC(=O)CCCCCCCCCCCCC/C=C\C/C=C\C/C=C\C/C=C\CCCCC)OC(=O)CCCCCCC/C=C\C/C=C\CCC. The molecule has 0 radical (unpaired) electrons. The van der Waals surface area contributed by atoms with Crippen molar-refractivity contribution in [3.05, 3.63) is 146 Å². The molecule has 0 fully saturated rings. The van der Waals surface area contributed by atoms with Crippen LogP contribution in [0.25, 0.3) is 0 Å². The fourth-order valence-corrected chi connectivity index (χ4v) is 10.6. The average molecular weight is 1370 g/mol. The smallest absolute Gasteiger partial charge is 0.463 e. The van der Waals surface area contributed by atoms with E-state index in [1.807, 2.05) is 18.2 Å². The van der Waals surface area contributed by atoms with E-state index in [4.69, 9.17) is 32.3 Å². The summed E-state index contributed by atoms with van der Waals surface area (Å²) in [6, 6.07) is 0.